The number of hydrogen-bond acceptors (Lipinski definition) is 3. The van der Waals surface area contributed by atoms with Gasteiger partial charge in [-0.05, 0) is 84.2 Å². The number of nitrogens with one attached hydrogen (secondary N) is 2. The Labute approximate surface area is 178 Å². The highest BCUT2D eigenvalue weighted by molar-refractivity contribution is 5.79. The molecule has 0 bridgehead atoms. The predicted octanol–water partition coefficient (Wildman–Crippen LogP) is 3.12. The number of nitrogens with zero attached hydrogens (tertiary/aromatic N) is 3. The molecule has 5 nitrogen and oxygen atoms in total. The molecule has 2 saturated heterocycles. The first-order valence-electron chi connectivity index (χ1n) is 11.7. The van der Waals surface area contributed by atoms with E-state index in [0.29, 0.717) is 0 Å². The topological polar surface area (TPSA) is 42.9 Å². The molecular weight excluding hydrogens is 358 g/mol. The van der Waals surface area contributed by atoms with Gasteiger partial charge in [0.1, 0.15) is 0 Å². The second-order valence-electron chi connectivity index (χ2n) is 8.79. The summed E-state index contributed by atoms with van der Waals surface area (Å²) in [5, 5.41) is 7.03. The molecule has 0 atom stereocenters. The van der Waals surface area contributed by atoms with Crippen LogP contribution in [0.5, 0.6) is 0 Å². The van der Waals surface area contributed by atoms with Gasteiger partial charge >= 0.3 is 0 Å². The van der Waals surface area contributed by atoms with E-state index in [1.807, 2.05) is 0 Å². The molecule has 162 valence electrons. The van der Waals surface area contributed by atoms with E-state index in [1.54, 1.807) is 0 Å². The fraction of sp³-hybridized carbons (Fsp3) is 0.708. The standard InChI is InChI=1S/C24H41N5/c1-3-25-23(26-16-10-13-22-11-6-4-7-12-22)27-21-24(14-19-28(2)20-15-24)29-17-8-5-9-18-29/h4,6-7,11-12H,3,5,8-10,13-21H2,1-2H3,(H2,25,26,27). The molecule has 3 rings (SSSR count). The molecule has 0 aliphatic carbocycles. The number of hydrogen-bond donors (Lipinski definition) is 2. The van der Waals surface area contributed by atoms with Crippen molar-refractivity contribution in [3.05, 3.63) is 35.9 Å². The summed E-state index contributed by atoms with van der Waals surface area (Å²) in [5.41, 5.74) is 1.66. The summed E-state index contributed by atoms with van der Waals surface area (Å²) in [6.07, 6.45) is 8.79. The summed E-state index contributed by atoms with van der Waals surface area (Å²) in [5.74, 6) is 0.982. The van der Waals surface area contributed by atoms with Crippen molar-refractivity contribution in [1.82, 2.24) is 20.4 Å². The van der Waals surface area contributed by atoms with Gasteiger partial charge in [0, 0.05) is 18.6 Å². The lowest BCUT2D eigenvalue weighted by atomic mass is 9.84. The van der Waals surface area contributed by atoms with Crippen LogP contribution in [-0.2, 0) is 6.42 Å². The van der Waals surface area contributed by atoms with E-state index >= 15 is 0 Å². The van der Waals surface area contributed by atoms with Crippen LogP contribution in [0.3, 0.4) is 0 Å². The molecule has 2 N–H and O–H groups in total. The molecule has 2 aliphatic rings. The Hall–Kier alpha value is -1.59. The third kappa shape index (κ3) is 6.71. The number of aryl methyl sites for hydroxylation is 1. The van der Waals surface area contributed by atoms with E-state index in [2.05, 4.69) is 64.7 Å². The Kier molecular flexibility index (Phi) is 8.81. The van der Waals surface area contributed by atoms with Gasteiger partial charge in [-0.3, -0.25) is 9.89 Å². The maximum absolute atomic E-state index is 5.09. The normalized spacial score (nSPS) is 21.1. The van der Waals surface area contributed by atoms with Crippen molar-refractivity contribution in [2.75, 3.05) is 52.9 Å². The Morgan fingerprint density at radius 3 is 2.41 bits per heavy atom. The average molecular weight is 400 g/mol. The molecule has 1 aromatic rings. The van der Waals surface area contributed by atoms with Crippen molar-refractivity contribution in [3.63, 3.8) is 0 Å². The van der Waals surface area contributed by atoms with Gasteiger partial charge in [0.25, 0.3) is 0 Å². The van der Waals surface area contributed by atoms with Crippen molar-refractivity contribution in [1.29, 1.82) is 0 Å². The molecular formula is C24H41N5. The quantitative estimate of drug-likeness (QED) is 0.400. The molecule has 2 heterocycles. The van der Waals surface area contributed by atoms with E-state index in [9.17, 15) is 0 Å². The van der Waals surface area contributed by atoms with Gasteiger partial charge in [-0.1, -0.05) is 36.8 Å². The lowest BCUT2D eigenvalue weighted by Gasteiger charge is -2.49. The minimum absolute atomic E-state index is 0.249. The van der Waals surface area contributed by atoms with E-state index in [0.717, 1.165) is 38.4 Å². The highest BCUT2D eigenvalue weighted by Crippen LogP contribution is 2.31. The number of benzene rings is 1. The maximum atomic E-state index is 5.09. The van der Waals surface area contributed by atoms with Crippen LogP contribution in [0, 0.1) is 0 Å². The molecule has 0 unspecified atom stereocenters. The van der Waals surface area contributed by atoms with E-state index in [1.165, 1.54) is 63.8 Å². The number of guanidine groups is 1. The summed E-state index contributed by atoms with van der Waals surface area (Å²) in [4.78, 5) is 10.3. The third-order valence-corrected chi connectivity index (χ3v) is 6.60. The molecule has 0 aromatic heterocycles. The van der Waals surface area contributed by atoms with Crippen LogP contribution in [0.15, 0.2) is 35.3 Å². The summed E-state index contributed by atoms with van der Waals surface area (Å²) < 4.78 is 0. The van der Waals surface area contributed by atoms with Gasteiger partial charge in [0.15, 0.2) is 5.96 Å². The third-order valence-electron chi connectivity index (χ3n) is 6.60. The van der Waals surface area contributed by atoms with Crippen molar-refractivity contribution < 1.29 is 0 Å². The Bertz CT molecular complexity index is 601. The molecule has 1 aromatic carbocycles. The second-order valence-corrected chi connectivity index (χ2v) is 8.79. The first kappa shape index (κ1) is 22.1. The highest BCUT2D eigenvalue weighted by atomic mass is 15.3. The van der Waals surface area contributed by atoms with Crippen LogP contribution < -0.4 is 10.6 Å². The van der Waals surface area contributed by atoms with Crippen LogP contribution >= 0.6 is 0 Å². The SMILES string of the molecule is CCNC(=NCC1(N2CCCCC2)CCN(C)CC1)NCCCc1ccccc1. The van der Waals surface area contributed by atoms with E-state index in [4.69, 9.17) is 4.99 Å². The smallest absolute Gasteiger partial charge is 0.191 e. The number of rotatable bonds is 8. The number of aliphatic imine (C=N–C) groups is 1. The summed E-state index contributed by atoms with van der Waals surface area (Å²) >= 11 is 0. The molecule has 29 heavy (non-hydrogen) atoms. The largest absolute Gasteiger partial charge is 0.357 e. The molecule has 2 fully saturated rings. The van der Waals surface area contributed by atoms with E-state index in [-0.39, 0.29) is 5.54 Å². The lowest BCUT2D eigenvalue weighted by molar-refractivity contribution is 0.0208. The minimum atomic E-state index is 0.249. The summed E-state index contributed by atoms with van der Waals surface area (Å²) in [6.45, 7) is 9.80. The average Bonchev–Trinajstić information content (AvgIpc) is 2.77. The van der Waals surface area contributed by atoms with Crippen molar-refractivity contribution in [3.8, 4) is 0 Å². The molecule has 2 aliphatic heterocycles. The zero-order chi connectivity index (χ0) is 20.4. The van der Waals surface area contributed by atoms with Crippen molar-refractivity contribution >= 4 is 5.96 Å². The zero-order valence-electron chi connectivity index (χ0n) is 18.6. The summed E-state index contributed by atoms with van der Waals surface area (Å²) in [6, 6.07) is 10.7. The van der Waals surface area contributed by atoms with Crippen LogP contribution in [0.4, 0.5) is 0 Å². The monoisotopic (exact) mass is 399 g/mol. The van der Waals surface area contributed by atoms with Gasteiger partial charge in [-0.15, -0.1) is 0 Å². The minimum Gasteiger partial charge on any atom is -0.357 e. The van der Waals surface area contributed by atoms with Crippen LogP contribution in [0.1, 0.15) is 51.0 Å². The highest BCUT2D eigenvalue weighted by Gasteiger charge is 2.39. The molecule has 0 radical (unpaired) electrons. The number of piperidine rings is 2. The Morgan fingerprint density at radius 2 is 1.72 bits per heavy atom. The predicted molar refractivity (Wildman–Crippen MR) is 124 cm³/mol. The first-order valence-corrected chi connectivity index (χ1v) is 11.7. The summed E-state index contributed by atoms with van der Waals surface area (Å²) in [7, 11) is 2.25. The zero-order valence-corrected chi connectivity index (χ0v) is 18.6. The molecule has 5 heteroatoms. The number of likely N-dealkylation sites (tertiary alicyclic amines) is 2. The molecule has 0 saturated carbocycles. The maximum Gasteiger partial charge on any atom is 0.191 e. The van der Waals surface area contributed by atoms with Crippen LogP contribution in [0.25, 0.3) is 0 Å². The second kappa shape index (κ2) is 11.6. The van der Waals surface area contributed by atoms with Gasteiger partial charge in [0.05, 0.1) is 6.54 Å². The van der Waals surface area contributed by atoms with Crippen molar-refractivity contribution in [2.24, 2.45) is 4.99 Å². The Balaban J connectivity index is 1.56. The Morgan fingerprint density at radius 1 is 1.00 bits per heavy atom. The fourth-order valence-electron chi connectivity index (χ4n) is 4.69. The molecule has 0 amide bonds. The lowest BCUT2D eigenvalue weighted by Crippen LogP contribution is -2.58. The van der Waals surface area contributed by atoms with E-state index < -0.39 is 0 Å². The van der Waals surface area contributed by atoms with Gasteiger partial charge in [-0.2, -0.15) is 0 Å². The first-order chi connectivity index (χ1) is 14.2. The molecule has 0 spiro atoms. The van der Waals surface area contributed by atoms with Crippen LogP contribution in [-0.4, -0.2) is 74.2 Å². The van der Waals surface area contributed by atoms with Crippen LogP contribution in [0.2, 0.25) is 0 Å². The van der Waals surface area contributed by atoms with Gasteiger partial charge in [0.2, 0.25) is 0 Å². The van der Waals surface area contributed by atoms with Gasteiger partial charge in [-0.25, -0.2) is 0 Å². The van der Waals surface area contributed by atoms with Crippen molar-refractivity contribution in [2.45, 2.75) is 57.4 Å². The van der Waals surface area contributed by atoms with Gasteiger partial charge < -0.3 is 15.5 Å². The fourth-order valence-corrected chi connectivity index (χ4v) is 4.69.